The van der Waals surface area contributed by atoms with Gasteiger partial charge < -0.3 is 4.18 Å². The molecule has 212 valence electrons. The fourth-order valence-corrected chi connectivity index (χ4v) is 6.05. The summed E-state index contributed by atoms with van der Waals surface area (Å²) in [5, 5.41) is 2.80. The molecule has 2 heterocycles. The molecule has 39 heavy (non-hydrogen) atoms. The van der Waals surface area contributed by atoms with Gasteiger partial charge in [-0.15, -0.1) is 12.4 Å². The summed E-state index contributed by atoms with van der Waals surface area (Å²) in [5.41, 5.74) is 5.13. The molecule has 0 atom stereocenters. The van der Waals surface area contributed by atoms with E-state index in [2.05, 4.69) is 5.43 Å². The monoisotopic (exact) mass is 614 g/mol. The normalized spacial score (nSPS) is 14.2. The molecule has 0 saturated carbocycles. The Kier molecular flexibility index (Phi) is 10.7. The van der Waals surface area contributed by atoms with Gasteiger partial charge in [-0.05, 0) is 74.6 Å². The maximum absolute atomic E-state index is 13.3. The number of imidazole rings is 1. The molecule has 0 radical (unpaired) electrons. The molecule has 0 unspecified atom stereocenters. The van der Waals surface area contributed by atoms with Crippen molar-refractivity contribution in [3.05, 3.63) is 63.9 Å². The minimum absolute atomic E-state index is 0. The largest absolute Gasteiger partial charge is 0.382 e. The number of carbonyl (C=O) groups excluding carboxylic acids is 1. The number of amides is 1. The minimum Gasteiger partial charge on any atom is -0.382 e. The number of hydrazine groups is 1. The van der Waals surface area contributed by atoms with Crippen molar-refractivity contribution >= 4 is 51.6 Å². The highest BCUT2D eigenvalue weighted by Gasteiger charge is 2.25. The van der Waals surface area contributed by atoms with E-state index in [-0.39, 0.29) is 41.4 Å². The van der Waals surface area contributed by atoms with E-state index in [4.69, 9.17) is 32.4 Å². The SMILES string of the molecule is Cc1c(C(=O)NN2CCCCC2)nc(-c2ccc(Cl)cc2Cl)n1-c1ccc(OS(=O)(=O)CCC(C)C)cc1.Cl. The zero-order valence-corrected chi connectivity index (χ0v) is 25.3. The minimum atomic E-state index is -3.70. The number of nitrogens with zero attached hydrogens (tertiary/aromatic N) is 3. The molecule has 1 aliphatic heterocycles. The van der Waals surface area contributed by atoms with Gasteiger partial charge in [0.1, 0.15) is 11.6 Å². The fraction of sp³-hybridized carbons (Fsp3) is 0.407. The summed E-state index contributed by atoms with van der Waals surface area (Å²) >= 11 is 12.7. The molecule has 1 N–H and O–H groups in total. The smallest absolute Gasteiger partial charge is 0.309 e. The van der Waals surface area contributed by atoms with E-state index in [1.54, 1.807) is 42.5 Å². The average Bonchev–Trinajstić information content (AvgIpc) is 3.20. The van der Waals surface area contributed by atoms with E-state index in [9.17, 15) is 13.2 Å². The van der Waals surface area contributed by atoms with Crippen LogP contribution in [0, 0.1) is 12.8 Å². The summed E-state index contributed by atoms with van der Waals surface area (Å²) in [7, 11) is -3.70. The first-order valence-corrected chi connectivity index (χ1v) is 15.0. The van der Waals surface area contributed by atoms with E-state index < -0.39 is 10.1 Å². The Bertz CT molecular complexity index is 1400. The van der Waals surface area contributed by atoms with Gasteiger partial charge in [0.05, 0.1) is 16.5 Å². The molecule has 8 nitrogen and oxygen atoms in total. The highest BCUT2D eigenvalue weighted by atomic mass is 35.5. The third-order valence-electron chi connectivity index (χ3n) is 6.37. The van der Waals surface area contributed by atoms with Crippen molar-refractivity contribution < 1.29 is 17.4 Å². The van der Waals surface area contributed by atoms with E-state index in [0.717, 1.165) is 32.4 Å². The lowest BCUT2D eigenvalue weighted by Gasteiger charge is -2.26. The van der Waals surface area contributed by atoms with Gasteiger partial charge in [0, 0.05) is 29.4 Å². The van der Waals surface area contributed by atoms with Gasteiger partial charge in [0.15, 0.2) is 5.69 Å². The summed E-state index contributed by atoms with van der Waals surface area (Å²) in [5.74, 6) is 0.572. The summed E-state index contributed by atoms with van der Waals surface area (Å²) in [6.07, 6.45) is 3.72. The van der Waals surface area contributed by atoms with Gasteiger partial charge in [-0.25, -0.2) is 9.99 Å². The predicted molar refractivity (Wildman–Crippen MR) is 158 cm³/mol. The molecule has 0 bridgehead atoms. The number of aromatic nitrogens is 2. The van der Waals surface area contributed by atoms with E-state index in [0.29, 0.717) is 39.2 Å². The second-order valence-corrected chi connectivity index (χ2v) is 12.4. The molecule has 0 spiro atoms. The van der Waals surface area contributed by atoms with Crippen molar-refractivity contribution in [2.45, 2.75) is 46.5 Å². The molecule has 1 amide bonds. The van der Waals surface area contributed by atoms with Crippen LogP contribution in [0.3, 0.4) is 0 Å². The van der Waals surface area contributed by atoms with Crippen molar-refractivity contribution in [3.63, 3.8) is 0 Å². The fourth-order valence-electron chi connectivity index (χ4n) is 4.31. The summed E-state index contributed by atoms with van der Waals surface area (Å²) in [6.45, 7) is 7.32. The second kappa shape index (κ2) is 13.4. The molecular formula is C27H33Cl3N4O4S. The molecule has 4 rings (SSSR count). The van der Waals surface area contributed by atoms with Gasteiger partial charge >= 0.3 is 10.1 Å². The van der Waals surface area contributed by atoms with E-state index >= 15 is 0 Å². The van der Waals surface area contributed by atoms with E-state index in [1.807, 2.05) is 30.3 Å². The first-order chi connectivity index (χ1) is 18.0. The molecule has 2 aromatic carbocycles. The van der Waals surface area contributed by atoms with Crippen molar-refractivity contribution in [1.29, 1.82) is 0 Å². The Hall–Kier alpha value is -2.30. The Morgan fingerprint density at radius 2 is 1.74 bits per heavy atom. The van der Waals surface area contributed by atoms with Gasteiger partial charge in [-0.2, -0.15) is 8.42 Å². The van der Waals surface area contributed by atoms with Crippen molar-refractivity contribution in [1.82, 2.24) is 20.0 Å². The van der Waals surface area contributed by atoms with Gasteiger partial charge in [-0.1, -0.05) is 43.5 Å². The van der Waals surface area contributed by atoms with Crippen LogP contribution >= 0.6 is 35.6 Å². The third-order valence-corrected chi connectivity index (χ3v) is 8.10. The van der Waals surface area contributed by atoms with Crippen LogP contribution in [0.15, 0.2) is 42.5 Å². The Labute approximate surface area is 246 Å². The maximum Gasteiger partial charge on any atom is 0.309 e. The van der Waals surface area contributed by atoms with Crippen LogP contribution in [0.4, 0.5) is 0 Å². The number of halogens is 3. The average molecular weight is 616 g/mol. The van der Waals surface area contributed by atoms with Crippen LogP contribution in [-0.4, -0.2) is 47.7 Å². The Morgan fingerprint density at radius 3 is 2.36 bits per heavy atom. The van der Waals surface area contributed by atoms with Gasteiger partial charge in [0.2, 0.25) is 0 Å². The number of piperidine rings is 1. The van der Waals surface area contributed by atoms with Crippen LogP contribution in [0.1, 0.15) is 55.7 Å². The lowest BCUT2D eigenvalue weighted by molar-refractivity contribution is 0.0744. The first kappa shape index (κ1) is 31.2. The number of hydrogen-bond acceptors (Lipinski definition) is 6. The van der Waals surface area contributed by atoms with Crippen LogP contribution in [0.2, 0.25) is 10.0 Å². The maximum atomic E-state index is 13.3. The quantitative estimate of drug-likeness (QED) is 0.278. The number of nitrogens with one attached hydrogen (secondary N) is 1. The summed E-state index contributed by atoms with van der Waals surface area (Å²) < 4.78 is 31.8. The first-order valence-electron chi connectivity index (χ1n) is 12.7. The molecule has 1 saturated heterocycles. The van der Waals surface area contributed by atoms with Crippen LogP contribution in [0.25, 0.3) is 17.1 Å². The standard InChI is InChI=1S/C27H32Cl2N4O4S.ClH/c1-18(2)13-16-38(35,36)37-22-10-8-21(9-11-22)33-19(3)25(27(34)31-32-14-5-4-6-15-32)30-26(33)23-12-7-20(28)17-24(23)29;/h7-12,17-18H,4-6,13-16H2,1-3H3,(H,31,34);1H. The zero-order valence-electron chi connectivity index (χ0n) is 22.1. The van der Waals surface area contributed by atoms with Crippen LogP contribution < -0.4 is 9.61 Å². The topological polar surface area (TPSA) is 93.5 Å². The van der Waals surface area contributed by atoms with Crippen LogP contribution in [-0.2, 0) is 10.1 Å². The van der Waals surface area contributed by atoms with E-state index in [1.165, 1.54) is 0 Å². The third kappa shape index (κ3) is 7.89. The Balaban J connectivity index is 0.00000420. The van der Waals surface area contributed by atoms with Crippen molar-refractivity contribution in [2.75, 3.05) is 18.8 Å². The molecule has 12 heteroatoms. The summed E-state index contributed by atoms with van der Waals surface area (Å²) in [6, 6.07) is 11.7. The Morgan fingerprint density at radius 1 is 1.08 bits per heavy atom. The lowest BCUT2D eigenvalue weighted by atomic mass is 10.2. The summed E-state index contributed by atoms with van der Waals surface area (Å²) in [4.78, 5) is 18.0. The van der Waals surface area contributed by atoms with Crippen molar-refractivity contribution in [3.8, 4) is 22.8 Å². The molecular weight excluding hydrogens is 583 g/mol. The second-order valence-electron chi connectivity index (χ2n) is 9.84. The zero-order chi connectivity index (χ0) is 27.4. The van der Waals surface area contributed by atoms with Gasteiger partial charge in [0.25, 0.3) is 5.91 Å². The molecule has 1 fully saturated rings. The number of rotatable bonds is 9. The van der Waals surface area contributed by atoms with Crippen molar-refractivity contribution in [2.24, 2.45) is 5.92 Å². The molecule has 3 aromatic rings. The molecule has 1 aliphatic rings. The van der Waals surface area contributed by atoms with Crippen LogP contribution in [0.5, 0.6) is 5.75 Å². The lowest BCUT2D eigenvalue weighted by Crippen LogP contribution is -2.45. The molecule has 0 aliphatic carbocycles. The highest BCUT2D eigenvalue weighted by molar-refractivity contribution is 7.87. The number of hydrogen-bond donors (Lipinski definition) is 1. The number of benzene rings is 2. The molecule has 1 aromatic heterocycles. The number of carbonyl (C=O) groups is 1. The van der Waals surface area contributed by atoms with Gasteiger partial charge in [-0.3, -0.25) is 14.8 Å². The predicted octanol–water partition coefficient (Wildman–Crippen LogP) is 6.46. The highest BCUT2D eigenvalue weighted by Crippen LogP contribution is 2.33.